The summed E-state index contributed by atoms with van der Waals surface area (Å²) < 4.78 is 27.5. The third-order valence-electron chi connectivity index (χ3n) is 3.81. The normalized spacial score (nSPS) is 22.3. The summed E-state index contributed by atoms with van der Waals surface area (Å²) in [6.45, 7) is 4.03. The van der Waals surface area contributed by atoms with Gasteiger partial charge in [-0.3, -0.25) is 0 Å². The summed E-state index contributed by atoms with van der Waals surface area (Å²) in [5.74, 6) is 0. The molecule has 0 aromatic heterocycles. The summed E-state index contributed by atoms with van der Waals surface area (Å²) in [5, 5.41) is 0.655. The number of sulfonamides is 1. The van der Waals surface area contributed by atoms with Crippen molar-refractivity contribution in [3.05, 3.63) is 0 Å². The fourth-order valence-corrected chi connectivity index (χ4v) is 5.24. The molecule has 0 amide bonds. The fraction of sp³-hybridized carbons (Fsp3) is 1.00. The van der Waals surface area contributed by atoms with E-state index in [1.54, 1.807) is 0 Å². The van der Waals surface area contributed by atoms with Gasteiger partial charge in [-0.1, -0.05) is 42.1 Å². The van der Waals surface area contributed by atoms with E-state index in [1.807, 2.05) is 13.8 Å². The third-order valence-corrected chi connectivity index (χ3v) is 6.33. The molecule has 0 radical (unpaired) electrons. The molecule has 17 heavy (non-hydrogen) atoms. The Labute approximate surface area is 114 Å². The van der Waals surface area contributed by atoms with E-state index >= 15 is 0 Å². The zero-order valence-corrected chi connectivity index (χ0v) is 13.2. The van der Waals surface area contributed by atoms with E-state index in [0.717, 1.165) is 43.9 Å². The molecule has 5 heteroatoms. The lowest BCUT2D eigenvalue weighted by atomic mass is 9.97. The number of halogens is 1. The molecule has 0 aromatic carbocycles. The number of nitrogens with one attached hydrogen (secondary N) is 1. The van der Waals surface area contributed by atoms with Gasteiger partial charge in [0.25, 0.3) is 0 Å². The summed E-state index contributed by atoms with van der Waals surface area (Å²) in [7, 11) is -3.15. The van der Waals surface area contributed by atoms with Gasteiger partial charge in [0.15, 0.2) is 0 Å². The van der Waals surface area contributed by atoms with Crippen molar-refractivity contribution in [2.24, 2.45) is 0 Å². The second-order valence-corrected chi connectivity index (χ2v) is 8.01. The van der Waals surface area contributed by atoms with Gasteiger partial charge in [-0.25, -0.2) is 13.1 Å². The van der Waals surface area contributed by atoms with Gasteiger partial charge in [-0.15, -0.1) is 0 Å². The van der Waals surface area contributed by atoms with Gasteiger partial charge < -0.3 is 0 Å². The van der Waals surface area contributed by atoms with Crippen LogP contribution < -0.4 is 4.72 Å². The quantitative estimate of drug-likeness (QED) is 0.762. The molecule has 0 heterocycles. The zero-order chi connectivity index (χ0) is 12.9. The van der Waals surface area contributed by atoms with Crippen LogP contribution in [0.15, 0.2) is 0 Å². The van der Waals surface area contributed by atoms with Crippen molar-refractivity contribution in [1.82, 2.24) is 4.72 Å². The van der Waals surface area contributed by atoms with Gasteiger partial charge in [-0.05, 0) is 32.6 Å². The van der Waals surface area contributed by atoms with Gasteiger partial charge >= 0.3 is 0 Å². The smallest absolute Gasteiger partial charge is 0.212 e. The maximum Gasteiger partial charge on any atom is 0.214 e. The molecule has 1 aliphatic carbocycles. The van der Waals surface area contributed by atoms with Crippen molar-refractivity contribution in [3.8, 4) is 0 Å². The maximum atomic E-state index is 12.3. The van der Waals surface area contributed by atoms with Crippen LogP contribution in [0.1, 0.15) is 58.8 Å². The highest BCUT2D eigenvalue weighted by Crippen LogP contribution is 2.26. The summed E-state index contributed by atoms with van der Waals surface area (Å²) in [4.78, 5) is 0. The Morgan fingerprint density at radius 2 is 1.88 bits per heavy atom. The average molecular weight is 326 g/mol. The molecule has 0 aliphatic heterocycles. The Morgan fingerprint density at radius 3 is 2.35 bits per heavy atom. The molecule has 1 saturated carbocycles. The van der Waals surface area contributed by atoms with E-state index in [4.69, 9.17) is 0 Å². The number of alkyl halides is 1. The van der Waals surface area contributed by atoms with Crippen molar-refractivity contribution in [2.75, 3.05) is 5.33 Å². The lowest BCUT2D eigenvalue weighted by molar-refractivity contribution is 0.383. The van der Waals surface area contributed by atoms with Crippen molar-refractivity contribution in [1.29, 1.82) is 0 Å². The minimum Gasteiger partial charge on any atom is -0.212 e. The first-order valence-electron chi connectivity index (χ1n) is 6.52. The molecule has 1 atom stereocenters. The highest BCUT2D eigenvalue weighted by Gasteiger charge is 2.33. The molecule has 102 valence electrons. The minimum atomic E-state index is -3.15. The first kappa shape index (κ1) is 15.4. The van der Waals surface area contributed by atoms with E-state index in [1.165, 1.54) is 6.42 Å². The van der Waals surface area contributed by atoms with E-state index < -0.39 is 10.0 Å². The molecule has 0 bridgehead atoms. The predicted octanol–water partition coefficient (Wildman–Crippen LogP) is 3.19. The highest BCUT2D eigenvalue weighted by molar-refractivity contribution is 9.09. The van der Waals surface area contributed by atoms with Crippen LogP contribution in [0, 0.1) is 0 Å². The third kappa shape index (κ3) is 4.52. The van der Waals surface area contributed by atoms with Crippen LogP contribution in [0.25, 0.3) is 0 Å². The van der Waals surface area contributed by atoms with Gasteiger partial charge in [0.05, 0.1) is 5.25 Å². The van der Waals surface area contributed by atoms with E-state index in [9.17, 15) is 8.42 Å². The van der Waals surface area contributed by atoms with Crippen LogP contribution in [-0.4, -0.2) is 24.5 Å². The number of hydrogen-bond donors (Lipinski definition) is 1. The van der Waals surface area contributed by atoms with Crippen molar-refractivity contribution in [3.63, 3.8) is 0 Å². The van der Waals surface area contributed by atoms with Gasteiger partial charge in [0.1, 0.15) is 0 Å². The van der Waals surface area contributed by atoms with Crippen molar-refractivity contribution in [2.45, 2.75) is 69.6 Å². The fourth-order valence-electron chi connectivity index (χ4n) is 2.31. The van der Waals surface area contributed by atoms with Crippen LogP contribution >= 0.6 is 15.9 Å². The molecule has 0 spiro atoms. The Bertz CT molecular complexity index is 325. The molecular weight excluding hydrogens is 302 g/mol. The highest BCUT2D eigenvalue weighted by atomic mass is 79.9. The Balaban J connectivity index is 2.69. The van der Waals surface area contributed by atoms with Crippen LogP contribution in [0.2, 0.25) is 0 Å². The summed E-state index contributed by atoms with van der Waals surface area (Å²) in [6, 6.07) is 0. The second kappa shape index (κ2) is 6.53. The molecule has 3 nitrogen and oxygen atoms in total. The van der Waals surface area contributed by atoms with E-state index in [0.29, 0.717) is 0 Å². The van der Waals surface area contributed by atoms with Crippen molar-refractivity contribution >= 4 is 26.0 Å². The van der Waals surface area contributed by atoms with Gasteiger partial charge in [0, 0.05) is 10.9 Å². The zero-order valence-electron chi connectivity index (χ0n) is 10.8. The monoisotopic (exact) mass is 325 g/mol. The number of rotatable bonds is 6. The lowest BCUT2D eigenvalue weighted by Crippen LogP contribution is -2.49. The lowest BCUT2D eigenvalue weighted by Gasteiger charge is -2.32. The molecule has 0 saturated heterocycles. The summed E-state index contributed by atoms with van der Waals surface area (Å²) in [5.41, 5.74) is -0.306. The summed E-state index contributed by atoms with van der Waals surface area (Å²) >= 11 is 3.39. The topological polar surface area (TPSA) is 46.2 Å². The first-order valence-corrected chi connectivity index (χ1v) is 9.19. The predicted molar refractivity (Wildman–Crippen MR) is 76.0 cm³/mol. The Hall–Kier alpha value is 0.390. The van der Waals surface area contributed by atoms with E-state index in [2.05, 4.69) is 20.7 Å². The average Bonchev–Trinajstić information content (AvgIpc) is 2.30. The van der Waals surface area contributed by atoms with Crippen LogP contribution in [0.3, 0.4) is 0 Å². The SMILES string of the molecule is CCC(C)(CCBr)NS(=O)(=O)C1CCCCC1. The second-order valence-electron chi connectivity index (χ2n) is 5.26. The summed E-state index contributed by atoms with van der Waals surface area (Å²) in [6.07, 6.45) is 6.57. The van der Waals surface area contributed by atoms with Gasteiger partial charge in [0.2, 0.25) is 10.0 Å². The maximum absolute atomic E-state index is 12.3. The molecule has 0 aromatic rings. The van der Waals surface area contributed by atoms with Crippen molar-refractivity contribution < 1.29 is 8.42 Å². The van der Waals surface area contributed by atoms with Crippen LogP contribution in [0.5, 0.6) is 0 Å². The molecule has 1 N–H and O–H groups in total. The standard InChI is InChI=1S/C12H24BrNO2S/c1-3-12(2,9-10-13)14-17(15,16)11-7-5-4-6-8-11/h11,14H,3-10H2,1-2H3. The minimum absolute atomic E-state index is 0.169. The Morgan fingerprint density at radius 1 is 1.29 bits per heavy atom. The first-order chi connectivity index (χ1) is 7.93. The van der Waals surface area contributed by atoms with Gasteiger partial charge in [-0.2, -0.15) is 0 Å². The van der Waals surface area contributed by atoms with Crippen LogP contribution in [-0.2, 0) is 10.0 Å². The molecule has 1 unspecified atom stereocenters. The Kier molecular flexibility index (Phi) is 5.93. The van der Waals surface area contributed by atoms with Crippen LogP contribution in [0.4, 0.5) is 0 Å². The molecular formula is C12H24BrNO2S. The molecule has 1 fully saturated rings. The largest absolute Gasteiger partial charge is 0.214 e. The molecule has 1 aliphatic rings. The molecule has 1 rings (SSSR count). The number of hydrogen-bond acceptors (Lipinski definition) is 2. The van der Waals surface area contributed by atoms with E-state index in [-0.39, 0.29) is 10.8 Å².